The van der Waals surface area contributed by atoms with Crippen LogP contribution in [0.1, 0.15) is 48.4 Å². The lowest BCUT2D eigenvalue weighted by atomic mass is 9.81. The molecule has 9 aromatic heterocycles. The van der Waals surface area contributed by atoms with Gasteiger partial charge in [0.05, 0.1) is 39.9 Å². The normalized spacial score (nSPS) is 10.6. The maximum absolute atomic E-state index is 8.55. The molecule has 9 heterocycles. The van der Waals surface area contributed by atoms with Crippen LogP contribution in [-0.4, -0.2) is 75.7 Å². The molecule has 0 fully saturated rings. The maximum atomic E-state index is 8.55. The number of nitrogens with zero attached hydrogens (tertiary/aromatic N) is 12. The van der Waals surface area contributed by atoms with Crippen molar-refractivity contribution in [2.45, 2.75) is 26.7 Å². The van der Waals surface area contributed by atoms with Crippen LogP contribution in [0.2, 0.25) is 0 Å². The molecule has 2 N–H and O–H groups in total. The van der Waals surface area contributed by atoms with Gasteiger partial charge in [0, 0.05) is 117 Å². The number of rotatable bonds is 13. The van der Waals surface area contributed by atoms with Crippen molar-refractivity contribution in [1.82, 2.24) is 58.6 Å². The fraction of sp³-hybridized carbons (Fsp3) is 0.103. The summed E-state index contributed by atoms with van der Waals surface area (Å²) in [5, 5.41) is 17.1. The van der Waals surface area contributed by atoms with Gasteiger partial charge in [-0.2, -0.15) is 0 Å². The second-order valence-corrected chi connectivity index (χ2v) is 19.4. The Hall–Kier alpha value is -9.87. The highest BCUT2D eigenvalue weighted by Gasteiger charge is 2.11. The van der Waals surface area contributed by atoms with E-state index in [0.717, 1.165) is 108 Å². The van der Waals surface area contributed by atoms with Crippen molar-refractivity contribution in [3.05, 3.63) is 277 Å². The van der Waals surface area contributed by atoms with Crippen LogP contribution in [0, 0.1) is 0 Å². The van der Waals surface area contributed by atoms with Gasteiger partial charge in [-0.15, -0.1) is 0 Å². The van der Waals surface area contributed by atoms with E-state index in [0.29, 0.717) is 5.46 Å². The maximum Gasteiger partial charge on any atom is 0.488 e. The Kier molecular flexibility index (Phi) is 22.5. The van der Waals surface area contributed by atoms with E-state index in [1.807, 2.05) is 195 Å². The van der Waals surface area contributed by atoms with Gasteiger partial charge in [-0.3, -0.25) is 19.9 Å². The second kappa shape index (κ2) is 31.4. The predicted octanol–water partition coefficient (Wildman–Crippen LogP) is 13.2. The summed E-state index contributed by atoms with van der Waals surface area (Å²) >= 11 is 3.37. The van der Waals surface area contributed by atoms with Crippen LogP contribution in [0.3, 0.4) is 0 Å². The molecular weight excluding hydrogens is 1110 g/mol. The molecule has 0 saturated carbocycles. The zero-order valence-corrected chi connectivity index (χ0v) is 49.0. The van der Waals surface area contributed by atoms with Crippen LogP contribution in [0.4, 0.5) is 0 Å². The number of aromatic nitrogens is 12. The predicted molar refractivity (Wildman–Crippen MR) is 343 cm³/mol. The first-order valence-corrected chi connectivity index (χ1v) is 28.1. The number of pyridine rings is 6. The Morgan fingerprint density at radius 3 is 1.25 bits per heavy atom. The zero-order valence-electron chi connectivity index (χ0n) is 47.5. The first-order valence-electron chi connectivity index (χ1n) is 27.4. The van der Waals surface area contributed by atoms with E-state index >= 15 is 0 Å². The van der Waals surface area contributed by atoms with Crippen molar-refractivity contribution in [1.29, 1.82) is 0 Å². The van der Waals surface area contributed by atoms with Crippen LogP contribution in [-0.2, 0) is 34.0 Å². The molecule has 0 aliphatic carbocycles. The molecule has 0 radical (unpaired) electrons. The Labute approximate surface area is 499 Å². The molecule has 12 rings (SSSR count). The molecular formula is C68H64BBrN12O2. The number of imidazole rings is 3. The summed E-state index contributed by atoms with van der Waals surface area (Å²) in [5.41, 5.74) is 13.7. The van der Waals surface area contributed by atoms with Crippen molar-refractivity contribution in [3.8, 4) is 56.3 Å². The molecule has 0 unspecified atom stereocenters. The first kappa shape index (κ1) is 60.2. The van der Waals surface area contributed by atoms with Crippen LogP contribution in [0.5, 0.6) is 0 Å². The summed E-state index contributed by atoms with van der Waals surface area (Å²) in [4.78, 5) is 39.9. The Bertz CT molecular complexity index is 3960. The average Bonchev–Trinajstić information content (AvgIpc) is 4.47. The SMILES string of the molecule is CC.Cn1cc(-c2ccccc2)nc1/C=C/c1cccc(-c2ccncc2)n1.Cn1cc(-c2ccccc2)nc1/C=C/c1cccc(Br)n1.Cn1cc(-c2ccccc2)nc1CCc1cccc(-c2ccncc2)n1.OB(O)c1ccncc1. The zero-order chi connectivity index (χ0) is 58.9. The Balaban J connectivity index is 0.000000151. The van der Waals surface area contributed by atoms with Gasteiger partial charge in [0.1, 0.15) is 22.1 Å². The van der Waals surface area contributed by atoms with Gasteiger partial charge in [-0.25, -0.2) is 24.9 Å². The minimum atomic E-state index is -1.38. The van der Waals surface area contributed by atoms with E-state index in [4.69, 9.17) is 30.0 Å². The summed E-state index contributed by atoms with van der Waals surface area (Å²) in [6.07, 6.45) is 25.9. The summed E-state index contributed by atoms with van der Waals surface area (Å²) in [5.74, 6) is 2.86. The van der Waals surface area contributed by atoms with Gasteiger partial charge < -0.3 is 23.7 Å². The molecule has 0 bridgehead atoms. The molecule has 14 nitrogen and oxygen atoms in total. The van der Waals surface area contributed by atoms with Gasteiger partial charge in [0.25, 0.3) is 0 Å². The molecule has 84 heavy (non-hydrogen) atoms. The highest BCUT2D eigenvalue weighted by molar-refractivity contribution is 9.10. The van der Waals surface area contributed by atoms with Crippen molar-refractivity contribution in [2.24, 2.45) is 21.1 Å². The lowest BCUT2D eigenvalue weighted by Crippen LogP contribution is -2.29. The molecule has 16 heteroatoms. The quantitative estimate of drug-likeness (QED) is 0.0831. The van der Waals surface area contributed by atoms with Gasteiger partial charge in [-0.05, 0) is 125 Å². The largest absolute Gasteiger partial charge is 0.488 e. The van der Waals surface area contributed by atoms with Crippen molar-refractivity contribution in [3.63, 3.8) is 0 Å². The van der Waals surface area contributed by atoms with Crippen molar-refractivity contribution in [2.75, 3.05) is 0 Å². The number of aryl methyl sites for hydroxylation is 5. The van der Waals surface area contributed by atoms with E-state index in [1.54, 1.807) is 36.9 Å². The third-order valence-electron chi connectivity index (χ3n) is 12.7. The minimum Gasteiger partial charge on any atom is -0.423 e. The lowest BCUT2D eigenvalue weighted by Gasteiger charge is -2.05. The van der Waals surface area contributed by atoms with E-state index in [1.165, 1.54) is 12.4 Å². The van der Waals surface area contributed by atoms with Gasteiger partial charge >= 0.3 is 7.12 Å². The van der Waals surface area contributed by atoms with Crippen molar-refractivity contribution < 1.29 is 10.0 Å². The molecule has 0 saturated heterocycles. The van der Waals surface area contributed by atoms with Crippen LogP contribution < -0.4 is 5.46 Å². The molecule has 3 aromatic carbocycles. The Morgan fingerprint density at radius 1 is 0.381 bits per heavy atom. The second-order valence-electron chi connectivity index (χ2n) is 18.6. The van der Waals surface area contributed by atoms with E-state index < -0.39 is 7.12 Å². The van der Waals surface area contributed by atoms with E-state index in [9.17, 15) is 0 Å². The Morgan fingerprint density at radius 2 is 0.786 bits per heavy atom. The minimum absolute atomic E-state index is 0.463. The number of halogens is 1. The highest BCUT2D eigenvalue weighted by Crippen LogP contribution is 2.23. The number of hydrogen-bond donors (Lipinski definition) is 2. The van der Waals surface area contributed by atoms with Gasteiger partial charge in [0.2, 0.25) is 0 Å². The van der Waals surface area contributed by atoms with Crippen LogP contribution in [0.15, 0.2) is 242 Å². The third-order valence-corrected chi connectivity index (χ3v) is 13.1. The number of hydrogen-bond acceptors (Lipinski definition) is 11. The summed E-state index contributed by atoms with van der Waals surface area (Å²) < 4.78 is 6.96. The van der Waals surface area contributed by atoms with Crippen LogP contribution in [0.25, 0.3) is 80.6 Å². The monoisotopic (exact) mass is 1170 g/mol. The summed E-state index contributed by atoms with van der Waals surface area (Å²) in [7, 11) is 4.66. The third kappa shape index (κ3) is 17.8. The highest BCUT2D eigenvalue weighted by atomic mass is 79.9. The van der Waals surface area contributed by atoms with Crippen LogP contribution >= 0.6 is 15.9 Å². The van der Waals surface area contributed by atoms with E-state index in [2.05, 4.69) is 107 Å². The smallest absolute Gasteiger partial charge is 0.423 e. The fourth-order valence-corrected chi connectivity index (χ4v) is 8.75. The van der Waals surface area contributed by atoms with Gasteiger partial charge in [-0.1, -0.05) is 123 Å². The molecule has 0 amide bonds. The summed E-state index contributed by atoms with van der Waals surface area (Å²) in [6.45, 7) is 4.00. The van der Waals surface area contributed by atoms with Crippen molar-refractivity contribution >= 4 is 52.8 Å². The molecule has 0 aliphatic rings. The molecule has 0 atom stereocenters. The molecule has 418 valence electrons. The topological polar surface area (TPSA) is 171 Å². The average molecular weight is 1170 g/mol. The number of benzene rings is 3. The molecule has 0 aliphatic heterocycles. The van der Waals surface area contributed by atoms with Gasteiger partial charge in [0.15, 0.2) is 0 Å². The fourth-order valence-electron chi connectivity index (χ4n) is 8.39. The molecule has 12 aromatic rings. The summed E-state index contributed by atoms with van der Waals surface area (Å²) in [6, 6.07) is 59.6. The standard InChI is InChI=1S/C22H20N4.C22H18N4.C17H14BrN3.C5H6BNO2.C2H6/c2*1-26-16-21(17-6-3-2-4-7-17)25-22(26)11-10-19-8-5-9-20(24-19)18-12-14-23-15-13-18;1-21-12-15(13-6-3-2-4-7-13)20-17(21)11-10-14-8-5-9-16(18)19-14;8-6(9)5-1-3-7-4-2-5;1-2/h2-9,12-16H,10-11H2,1H3;2-16H,1H3;2-12H,1H3;1-4,8-9H;1-2H3/b;2*11-10+;;. The lowest BCUT2D eigenvalue weighted by molar-refractivity contribution is 0.425. The first-order chi connectivity index (χ1) is 41.1. The van der Waals surface area contributed by atoms with E-state index in [-0.39, 0.29) is 0 Å². The molecule has 0 spiro atoms.